The molecular weight excluding hydrogens is 179 g/mol. The number of carbonyl (C=O) groups excluding carboxylic acids is 1. The molecule has 0 heterocycles. The minimum atomic E-state index is -2.94. The van der Waals surface area contributed by atoms with Crippen molar-refractivity contribution in [2.45, 2.75) is 0 Å². The van der Waals surface area contributed by atoms with E-state index in [4.69, 9.17) is 4.89 Å². The van der Waals surface area contributed by atoms with E-state index in [0.717, 1.165) is 0 Å². The second-order valence-electron chi connectivity index (χ2n) is 2.05. The van der Waals surface area contributed by atoms with Crippen molar-refractivity contribution in [3.05, 3.63) is 29.8 Å². The fourth-order valence-corrected chi connectivity index (χ4v) is 1.05. The Morgan fingerprint density at radius 1 is 1.33 bits per heavy atom. The molecule has 0 bridgehead atoms. The van der Waals surface area contributed by atoms with Crippen molar-refractivity contribution in [1.29, 1.82) is 0 Å². The number of benzene rings is 1. The third-order valence-corrected chi connectivity index (χ3v) is 1.63. The highest BCUT2D eigenvalue weighted by Crippen LogP contribution is 2.22. The highest BCUT2D eigenvalue weighted by atomic mass is 31.1. The number of carbonyl (C=O) groups is 1. The molecule has 1 unspecified atom stereocenters. The van der Waals surface area contributed by atoms with Gasteiger partial charge >= 0.3 is 8.25 Å². The molecule has 0 saturated heterocycles. The van der Waals surface area contributed by atoms with Gasteiger partial charge in [0.15, 0.2) is 0 Å². The van der Waals surface area contributed by atoms with Crippen molar-refractivity contribution in [3.63, 3.8) is 0 Å². The van der Waals surface area contributed by atoms with Crippen LogP contribution < -0.4 is 4.52 Å². The van der Waals surface area contributed by atoms with E-state index in [1.165, 1.54) is 24.3 Å². The summed E-state index contributed by atoms with van der Waals surface area (Å²) >= 11 is 0. The second-order valence-corrected chi connectivity index (χ2v) is 2.79. The molecule has 4 nitrogen and oxygen atoms in total. The van der Waals surface area contributed by atoms with Crippen molar-refractivity contribution in [1.82, 2.24) is 0 Å². The molecule has 1 rings (SSSR count). The van der Waals surface area contributed by atoms with E-state index in [9.17, 15) is 9.36 Å². The SMILES string of the molecule is O=Cc1ccc(O[PH](=O)O)cc1. The van der Waals surface area contributed by atoms with Crippen LogP contribution in [0.5, 0.6) is 5.75 Å². The molecule has 0 aromatic heterocycles. The van der Waals surface area contributed by atoms with Crippen molar-refractivity contribution >= 4 is 14.5 Å². The highest BCUT2D eigenvalue weighted by molar-refractivity contribution is 7.32. The third-order valence-electron chi connectivity index (χ3n) is 1.22. The van der Waals surface area contributed by atoms with Crippen molar-refractivity contribution < 1.29 is 18.8 Å². The van der Waals surface area contributed by atoms with E-state index in [-0.39, 0.29) is 5.75 Å². The molecule has 0 aliphatic heterocycles. The summed E-state index contributed by atoms with van der Waals surface area (Å²) in [4.78, 5) is 18.6. The molecule has 5 heteroatoms. The molecule has 0 aliphatic carbocycles. The second kappa shape index (κ2) is 4.04. The van der Waals surface area contributed by atoms with Gasteiger partial charge in [0.25, 0.3) is 0 Å². The first-order valence-electron chi connectivity index (χ1n) is 3.18. The van der Waals surface area contributed by atoms with Gasteiger partial charge in [0.1, 0.15) is 12.0 Å². The fourth-order valence-electron chi connectivity index (χ4n) is 0.715. The average Bonchev–Trinajstić information content (AvgIpc) is 2.05. The maximum absolute atomic E-state index is 10.2. The number of rotatable bonds is 3. The minimum absolute atomic E-state index is 0.284. The van der Waals surface area contributed by atoms with Crippen LogP contribution in [0, 0.1) is 0 Å². The molecule has 0 aliphatic rings. The summed E-state index contributed by atoms with van der Waals surface area (Å²) in [5.74, 6) is 0.284. The maximum Gasteiger partial charge on any atom is 0.365 e. The van der Waals surface area contributed by atoms with Gasteiger partial charge in [-0.05, 0) is 24.3 Å². The number of hydrogen-bond acceptors (Lipinski definition) is 3. The van der Waals surface area contributed by atoms with E-state index in [1.54, 1.807) is 0 Å². The zero-order chi connectivity index (χ0) is 8.97. The van der Waals surface area contributed by atoms with Gasteiger partial charge in [-0.25, -0.2) is 4.57 Å². The Morgan fingerprint density at radius 3 is 2.33 bits per heavy atom. The van der Waals surface area contributed by atoms with Crippen molar-refractivity contribution in [3.8, 4) is 5.75 Å². The first kappa shape index (κ1) is 8.97. The molecule has 0 saturated carbocycles. The van der Waals surface area contributed by atoms with Crippen LogP contribution in [-0.4, -0.2) is 11.2 Å². The zero-order valence-corrected chi connectivity index (χ0v) is 7.06. The van der Waals surface area contributed by atoms with E-state index in [2.05, 4.69) is 4.52 Å². The lowest BCUT2D eigenvalue weighted by Crippen LogP contribution is -1.81. The van der Waals surface area contributed by atoms with Crippen LogP contribution in [0.25, 0.3) is 0 Å². The van der Waals surface area contributed by atoms with Gasteiger partial charge in [-0.3, -0.25) is 4.79 Å². The summed E-state index contributed by atoms with van der Waals surface area (Å²) < 4.78 is 14.7. The van der Waals surface area contributed by atoms with Gasteiger partial charge in [-0.1, -0.05) is 0 Å². The van der Waals surface area contributed by atoms with Gasteiger partial charge < -0.3 is 9.42 Å². The van der Waals surface area contributed by atoms with Gasteiger partial charge in [0, 0.05) is 5.56 Å². The zero-order valence-electron chi connectivity index (χ0n) is 6.06. The summed E-state index contributed by atoms with van der Waals surface area (Å²) in [6.07, 6.45) is 0.686. The molecule has 1 N–H and O–H groups in total. The standard InChI is InChI=1S/C7H7O4P/c8-5-6-1-3-7(4-2-6)11-12(9)10/h1-5,12H,(H,9,10). The Morgan fingerprint density at radius 2 is 1.92 bits per heavy atom. The first-order chi connectivity index (χ1) is 5.72. The van der Waals surface area contributed by atoms with Crippen LogP contribution in [-0.2, 0) is 4.57 Å². The largest absolute Gasteiger partial charge is 0.426 e. The smallest absolute Gasteiger partial charge is 0.365 e. The fraction of sp³-hybridized carbons (Fsp3) is 0. The van der Waals surface area contributed by atoms with E-state index >= 15 is 0 Å². The van der Waals surface area contributed by atoms with Gasteiger partial charge in [0.2, 0.25) is 0 Å². The van der Waals surface area contributed by atoms with E-state index in [0.29, 0.717) is 11.8 Å². The van der Waals surface area contributed by atoms with Crippen LogP contribution in [0.2, 0.25) is 0 Å². The Hall–Kier alpha value is -1.12. The summed E-state index contributed by atoms with van der Waals surface area (Å²) in [6.45, 7) is 0. The Bertz CT molecular complexity index is 293. The average molecular weight is 186 g/mol. The van der Waals surface area contributed by atoms with E-state index in [1.807, 2.05) is 0 Å². The van der Waals surface area contributed by atoms with Crippen LogP contribution in [0.1, 0.15) is 10.4 Å². The summed E-state index contributed by atoms with van der Waals surface area (Å²) in [6, 6.07) is 5.94. The molecule has 1 atom stereocenters. The molecule has 1 aromatic carbocycles. The highest BCUT2D eigenvalue weighted by Gasteiger charge is 1.96. The van der Waals surface area contributed by atoms with Crippen molar-refractivity contribution in [2.24, 2.45) is 0 Å². The third kappa shape index (κ3) is 2.49. The Balaban J connectivity index is 2.77. The molecule has 1 aromatic rings. The molecular formula is C7H7O4P. The monoisotopic (exact) mass is 186 g/mol. The predicted molar refractivity (Wildman–Crippen MR) is 43.7 cm³/mol. The van der Waals surface area contributed by atoms with Crippen molar-refractivity contribution in [2.75, 3.05) is 0 Å². The van der Waals surface area contributed by atoms with Gasteiger partial charge in [-0.2, -0.15) is 0 Å². The van der Waals surface area contributed by atoms with Gasteiger partial charge in [0.05, 0.1) is 0 Å². The van der Waals surface area contributed by atoms with E-state index < -0.39 is 8.25 Å². The van der Waals surface area contributed by atoms with Gasteiger partial charge in [-0.15, -0.1) is 0 Å². The topological polar surface area (TPSA) is 63.6 Å². The molecule has 0 radical (unpaired) electrons. The summed E-state index contributed by atoms with van der Waals surface area (Å²) in [5, 5.41) is 0. The summed E-state index contributed by atoms with van der Waals surface area (Å²) in [7, 11) is -2.94. The normalized spacial score (nSPS) is 12.1. The summed E-state index contributed by atoms with van der Waals surface area (Å²) in [5.41, 5.74) is 0.500. The molecule has 12 heavy (non-hydrogen) atoms. The predicted octanol–water partition coefficient (Wildman–Crippen LogP) is 1.26. The minimum Gasteiger partial charge on any atom is -0.426 e. The lowest BCUT2D eigenvalue weighted by atomic mass is 10.2. The number of hydrogen-bond donors (Lipinski definition) is 1. The van der Waals surface area contributed by atoms with Crippen LogP contribution in [0.15, 0.2) is 24.3 Å². The number of aldehydes is 1. The molecule has 0 amide bonds. The first-order valence-corrected chi connectivity index (χ1v) is 4.45. The quantitative estimate of drug-likeness (QED) is 0.570. The lowest BCUT2D eigenvalue weighted by Gasteiger charge is -1.99. The lowest BCUT2D eigenvalue weighted by molar-refractivity contribution is 0.112. The molecule has 0 fully saturated rings. The molecule has 64 valence electrons. The molecule has 0 spiro atoms. The maximum atomic E-state index is 10.2. The van der Waals surface area contributed by atoms with Crippen LogP contribution in [0.4, 0.5) is 0 Å². The van der Waals surface area contributed by atoms with Crippen LogP contribution in [0.3, 0.4) is 0 Å². The Kier molecular flexibility index (Phi) is 3.02. The van der Waals surface area contributed by atoms with Crippen LogP contribution >= 0.6 is 8.25 Å². The Labute approximate surface area is 69.7 Å².